The van der Waals surface area contributed by atoms with Gasteiger partial charge in [-0.2, -0.15) is 4.98 Å². The number of ether oxygens (including phenoxy) is 1. The highest BCUT2D eigenvalue weighted by Crippen LogP contribution is 2.38. The molecule has 2 amide bonds. The van der Waals surface area contributed by atoms with Gasteiger partial charge in [-0.15, -0.1) is 0 Å². The maximum atomic E-state index is 13.3. The lowest BCUT2D eigenvalue weighted by atomic mass is 10.1. The minimum absolute atomic E-state index is 0.205. The maximum absolute atomic E-state index is 13.3. The molecule has 12 nitrogen and oxygen atoms in total. The van der Waals surface area contributed by atoms with Gasteiger partial charge in [0.05, 0.1) is 25.0 Å². The summed E-state index contributed by atoms with van der Waals surface area (Å²) in [6.07, 6.45) is 3.85. The summed E-state index contributed by atoms with van der Waals surface area (Å²) in [6, 6.07) is 13.8. The van der Waals surface area contributed by atoms with Gasteiger partial charge < -0.3 is 25.2 Å². The van der Waals surface area contributed by atoms with E-state index >= 15 is 0 Å². The van der Waals surface area contributed by atoms with E-state index in [-0.39, 0.29) is 11.8 Å². The van der Waals surface area contributed by atoms with Crippen LogP contribution in [0, 0.1) is 0 Å². The molecule has 216 valence electrons. The van der Waals surface area contributed by atoms with Gasteiger partial charge in [-0.05, 0) is 56.9 Å². The number of nitrogens with zero attached hydrogens (tertiary/aromatic N) is 7. The van der Waals surface area contributed by atoms with E-state index in [9.17, 15) is 9.59 Å². The predicted octanol–water partition coefficient (Wildman–Crippen LogP) is 3.46. The molecule has 6 rings (SSSR count). The molecular formula is C30H33N9O3. The summed E-state index contributed by atoms with van der Waals surface area (Å²) in [5, 5.41) is 6.06. The molecule has 0 unspecified atom stereocenters. The van der Waals surface area contributed by atoms with Crippen LogP contribution in [0.1, 0.15) is 16.8 Å². The second-order valence-electron chi connectivity index (χ2n) is 10.5. The number of anilines is 6. The molecule has 2 N–H and O–H groups in total. The fraction of sp³-hybridized carbons (Fsp3) is 0.300. The van der Waals surface area contributed by atoms with Gasteiger partial charge >= 0.3 is 0 Å². The molecule has 0 bridgehead atoms. The average molecular weight is 568 g/mol. The van der Waals surface area contributed by atoms with Gasteiger partial charge in [0.15, 0.2) is 5.82 Å². The molecule has 1 atom stereocenters. The molecule has 42 heavy (non-hydrogen) atoms. The molecule has 2 aromatic carbocycles. The third-order valence-corrected chi connectivity index (χ3v) is 7.72. The minimum Gasteiger partial charge on any atom is -0.494 e. The molecule has 3 aromatic rings. The van der Waals surface area contributed by atoms with Gasteiger partial charge in [-0.25, -0.2) is 4.98 Å². The van der Waals surface area contributed by atoms with Crippen LogP contribution in [-0.2, 0) is 4.79 Å². The Morgan fingerprint density at radius 1 is 1.17 bits per heavy atom. The van der Waals surface area contributed by atoms with Crippen molar-refractivity contribution >= 4 is 52.3 Å². The Labute approximate surface area is 244 Å². The fourth-order valence-electron chi connectivity index (χ4n) is 5.47. The Balaban J connectivity index is 1.33. The quantitative estimate of drug-likeness (QED) is 0.395. The molecular weight excluding hydrogens is 534 g/mol. The molecule has 0 saturated carbocycles. The highest BCUT2D eigenvalue weighted by Gasteiger charge is 2.40. The number of carbonyl (C=O) groups is 2. The van der Waals surface area contributed by atoms with E-state index in [1.54, 1.807) is 24.1 Å². The number of benzene rings is 2. The number of amides is 2. The van der Waals surface area contributed by atoms with Crippen LogP contribution in [-0.4, -0.2) is 91.0 Å². The second kappa shape index (κ2) is 11.1. The van der Waals surface area contributed by atoms with Gasteiger partial charge in [0.1, 0.15) is 11.3 Å². The number of guanidine groups is 1. The number of fused-ring (bicyclic) bond motifs is 2. The molecule has 0 radical (unpaired) electrons. The summed E-state index contributed by atoms with van der Waals surface area (Å²) >= 11 is 0. The van der Waals surface area contributed by atoms with Crippen molar-refractivity contribution in [1.82, 2.24) is 19.8 Å². The van der Waals surface area contributed by atoms with E-state index in [2.05, 4.69) is 57.2 Å². The summed E-state index contributed by atoms with van der Waals surface area (Å²) in [5.74, 6) is 1.31. The second-order valence-corrected chi connectivity index (χ2v) is 10.5. The summed E-state index contributed by atoms with van der Waals surface area (Å²) in [5.41, 5.74) is 3.41. The zero-order valence-electron chi connectivity index (χ0n) is 23.9. The van der Waals surface area contributed by atoms with Crippen LogP contribution in [0.5, 0.6) is 5.75 Å². The molecule has 1 fully saturated rings. The zero-order chi connectivity index (χ0) is 29.4. The monoisotopic (exact) mass is 567 g/mol. The largest absolute Gasteiger partial charge is 0.494 e. The zero-order valence-corrected chi connectivity index (χ0v) is 23.9. The smallest absolute Gasteiger partial charge is 0.266 e. The number of aromatic nitrogens is 2. The summed E-state index contributed by atoms with van der Waals surface area (Å²) in [7, 11) is 5.86. The number of likely N-dealkylation sites (N-methyl/N-ethyl adjacent to an activating group) is 1. The molecule has 1 aromatic heterocycles. The van der Waals surface area contributed by atoms with Crippen molar-refractivity contribution in [2.45, 2.75) is 12.5 Å². The van der Waals surface area contributed by atoms with E-state index in [0.717, 1.165) is 25.2 Å². The Kier molecular flexibility index (Phi) is 7.21. The predicted molar refractivity (Wildman–Crippen MR) is 163 cm³/mol. The number of carbonyl (C=O) groups excluding carboxylic acids is 2. The number of nitrogens with one attached hydrogen (secondary N) is 2. The van der Waals surface area contributed by atoms with Crippen molar-refractivity contribution in [3.63, 3.8) is 0 Å². The van der Waals surface area contributed by atoms with Gasteiger partial charge in [0.2, 0.25) is 17.8 Å². The molecule has 4 heterocycles. The highest BCUT2D eigenvalue weighted by atomic mass is 16.5. The van der Waals surface area contributed by atoms with E-state index in [1.165, 1.54) is 12.3 Å². The van der Waals surface area contributed by atoms with Crippen molar-refractivity contribution in [3.8, 4) is 5.75 Å². The van der Waals surface area contributed by atoms with Crippen molar-refractivity contribution < 1.29 is 14.3 Å². The Hall–Kier alpha value is -4.97. The molecule has 12 heteroatoms. The van der Waals surface area contributed by atoms with Crippen LogP contribution >= 0.6 is 0 Å². The Morgan fingerprint density at radius 3 is 2.79 bits per heavy atom. The standard InChI is InChI=1S/C30H33N9O3/c1-5-26(40)33-19-7-6-8-21(15-19)39-27-23(28(41)38-14-12-31-30(38)39)17-32-29(35-27)34-24-10-9-20(16-25(24)42-4)37-13-11-22(18-37)36(2)3/h5-10,15-17,22H,1,11-14,18H2,2-4H3,(H,33,40)(H,32,34,35)/t22-/m0/s1. The Morgan fingerprint density at radius 2 is 2.02 bits per heavy atom. The van der Waals surface area contributed by atoms with Gasteiger partial charge in [-0.3, -0.25) is 24.4 Å². The number of aliphatic imine (C=N–C) groups is 1. The third-order valence-electron chi connectivity index (χ3n) is 7.72. The van der Waals surface area contributed by atoms with Crippen LogP contribution in [0.3, 0.4) is 0 Å². The van der Waals surface area contributed by atoms with Crippen molar-refractivity contribution in [3.05, 3.63) is 66.9 Å². The third kappa shape index (κ3) is 5.00. The van der Waals surface area contributed by atoms with Crippen molar-refractivity contribution in [2.75, 3.05) is 67.8 Å². The fourth-order valence-corrected chi connectivity index (χ4v) is 5.47. The van der Waals surface area contributed by atoms with E-state index in [0.29, 0.717) is 65.2 Å². The highest BCUT2D eigenvalue weighted by molar-refractivity contribution is 6.21. The number of methoxy groups -OCH3 is 1. The topological polar surface area (TPSA) is 119 Å². The first-order valence-corrected chi connectivity index (χ1v) is 13.8. The Bertz CT molecular complexity index is 1590. The van der Waals surface area contributed by atoms with Crippen LogP contribution in [0.4, 0.5) is 34.5 Å². The van der Waals surface area contributed by atoms with Crippen LogP contribution < -0.4 is 25.2 Å². The molecule has 1 saturated heterocycles. The lowest BCUT2D eigenvalue weighted by Gasteiger charge is -2.35. The normalized spacial score (nSPS) is 17.6. The maximum Gasteiger partial charge on any atom is 0.266 e. The lowest BCUT2D eigenvalue weighted by molar-refractivity contribution is -0.111. The van der Waals surface area contributed by atoms with E-state index in [1.807, 2.05) is 29.2 Å². The minimum atomic E-state index is -0.322. The van der Waals surface area contributed by atoms with Gasteiger partial charge in [0, 0.05) is 49.3 Å². The summed E-state index contributed by atoms with van der Waals surface area (Å²) in [4.78, 5) is 47.2. The van der Waals surface area contributed by atoms with E-state index in [4.69, 9.17) is 9.72 Å². The van der Waals surface area contributed by atoms with Gasteiger partial charge in [-0.1, -0.05) is 12.6 Å². The SMILES string of the molecule is C=CC(=O)Nc1cccc(N2C3=NCCN3C(=O)c3cnc(Nc4ccc(N5CC[C@H](N(C)C)C5)cc4OC)nc32)c1. The van der Waals surface area contributed by atoms with Crippen molar-refractivity contribution in [2.24, 2.45) is 4.99 Å². The summed E-state index contributed by atoms with van der Waals surface area (Å²) in [6.45, 7) is 6.40. The number of rotatable bonds is 8. The van der Waals surface area contributed by atoms with Crippen molar-refractivity contribution in [1.29, 1.82) is 0 Å². The number of hydrogen-bond donors (Lipinski definition) is 2. The molecule has 0 aliphatic carbocycles. The first-order valence-electron chi connectivity index (χ1n) is 13.8. The summed E-state index contributed by atoms with van der Waals surface area (Å²) < 4.78 is 5.74. The first kappa shape index (κ1) is 27.2. The first-order chi connectivity index (χ1) is 20.4. The van der Waals surface area contributed by atoms with Crippen LogP contribution in [0.2, 0.25) is 0 Å². The van der Waals surface area contributed by atoms with E-state index < -0.39 is 0 Å². The number of hydrogen-bond acceptors (Lipinski definition) is 10. The van der Waals surface area contributed by atoms with Crippen LogP contribution in [0.15, 0.2) is 66.3 Å². The molecule has 3 aliphatic heterocycles. The average Bonchev–Trinajstić information content (AvgIpc) is 3.69. The lowest BCUT2D eigenvalue weighted by Crippen LogP contribution is -2.48. The van der Waals surface area contributed by atoms with Gasteiger partial charge in [0.25, 0.3) is 5.91 Å². The molecule has 0 spiro atoms. The van der Waals surface area contributed by atoms with Crippen LogP contribution in [0.25, 0.3) is 0 Å². The molecule has 3 aliphatic rings.